The van der Waals surface area contributed by atoms with Gasteiger partial charge in [-0.2, -0.15) is 4.31 Å². The summed E-state index contributed by atoms with van der Waals surface area (Å²) in [6.45, 7) is 4.14. The van der Waals surface area contributed by atoms with Crippen LogP contribution in [0.3, 0.4) is 0 Å². The molecule has 1 aromatic carbocycles. The van der Waals surface area contributed by atoms with Crippen LogP contribution in [0.4, 0.5) is 10.1 Å². The van der Waals surface area contributed by atoms with Crippen LogP contribution in [0.5, 0.6) is 0 Å². The van der Waals surface area contributed by atoms with E-state index in [1.807, 2.05) is 6.92 Å². The molecule has 0 bridgehead atoms. The summed E-state index contributed by atoms with van der Waals surface area (Å²) >= 11 is 0. The maximum Gasteiger partial charge on any atom is 0.243 e. The number of benzene rings is 1. The maximum atomic E-state index is 13.5. The minimum absolute atomic E-state index is 0.0571. The number of anilines is 1. The summed E-state index contributed by atoms with van der Waals surface area (Å²) in [5.41, 5.74) is 5.70. The van der Waals surface area contributed by atoms with Crippen molar-refractivity contribution in [2.24, 2.45) is 0 Å². The van der Waals surface area contributed by atoms with E-state index in [1.54, 1.807) is 0 Å². The number of sulfonamides is 1. The van der Waals surface area contributed by atoms with Crippen molar-refractivity contribution in [2.75, 3.05) is 25.4 Å². The van der Waals surface area contributed by atoms with Crippen LogP contribution in [0, 0.1) is 5.82 Å². The minimum atomic E-state index is -3.71. The Hall–Kier alpha value is -1.18. The monoisotopic (exact) mass is 313 g/mol. The molecule has 1 aromatic rings. The number of fused-ring (bicyclic) bond motifs is 1. The van der Waals surface area contributed by atoms with Crippen LogP contribution in [0.15, 0.2) is 23.1 Å². The van der Waals surface area contributed by atoms with Crippen molar-refractivity contribution in [3.8, 4) is 0 Å². The average Bonchev–Trinajstić information content (AvgIpc) is 2.83. The van der Waals surface area contributed by atoms with Gasteiger partial charge in [-0.1, -0.05) is 0 Å². The molecule has 5 nitrogen and oxygen atoms in total. The molecule has 2 fully saturated rings. The lowest BCUT2D eigenvalue weighted by atomic mass is 10.1. The van der Waals surface area contributed by atoms with Crippen molar-refractivity contribution >= 4 is 15.7 Å². The number of nitrogen functional groups attached to an aromatic ring is 1. The second-order valence-electron chi connectivity index (χ2n) is 5.93. The quantitative estimate of drug-likeness (QED) is 0.835. The number of hydrogen-bond acceptors (Lipinski definition) is 4. The first-order valence-electron chi connectivity index (χ1n) is 7.20. The average molecular weight is 313 g/mol. The van der Waals surface area contributed by atoms with Gasteiger partial charge in [0.05, 0.1) is 4.90 Å². The number of nitrogens with zero attached hydrogens (tertiary/aromatic N) is 2. The van der Waals surface area contributed by atoms with Crippen LogP contribution < -0.4 is 5.73 Å². The van der Waals surface area contributed by atoms with Gasteiger partial charge in [-0.05, 0) is 44.5 Å². The Morgan fingerprint density at radius 3 is 2.76 bits per heavy atom. The third-order valence-electron chi connectivity index (χ3n) is 4.38. The standard InChI is InChI=1S/C14H20FN3O2S/c1-10-8-17-4-2-3-13(17)9-18(10)21(19,20)14-6-11(15)5-12(16)7-14/h5-7,10,13H,2-4,8-9,16H2,1H3. The van der Waals surface area contributed by atoms with E-state index in [0.717, 1.165) is 38.1 Å². The predicted molar refractivity (Wildman–Crippen MR) is 78.8 cm³/mol. The van der Waals surface area contributed by atoms with Crippen LogP contribution in [0.2, 0.25) is 0 Å². The number of hydrogen-bond donors (Lipinski definition) is 1. The third-order valence-corrected chi connectivity index (χ3v) is 6.34. The van der Waals surface area contributed by atoms with E-state index in [9.17, 15) is 12.8 Å². The van der Waals surface area contributed by atoms with Gasteiger partial charge in [-0.25, -0.2) is 12.8 Å². The van der Waals surface area contributed by atoms with Crippen molar-refractivity contribution in [2.45, 2.75) is 36.7 Å². The fourth-order valence-corrected chi connectivity index (χ4v) is 5.09. The molecule has 0 amide bonds. The predicted octanol–water partition coefficient (Wildman–Crippen LogP) is 1.27. The second kappa shape index (κ2) is 5.23. The Morgan fingerprint density at radius 2 is 2.05 bits per heavy atom. The Balaban J connectivity index is 1.93. The lowest BCUT2D eigenvalue weighted by molar-refractivity contribution is 0.117. The Morgan fingerprint density at radius 1 is 1.29 bits per heavy atom. The maximum absolute atomic E-state index is 13.5. The molecule has 2 aliphatic rings. The van der Waals surface area contributed by atoms with Crippen LogP contribution in [-0.4, -0.2) is 49.3 Å². The number of rotatable bonds is 2. The van der Waals surface area contributed by atoms with E-state index in [4.69, 9.17) is 5.73 Å². The fraction of sp³-hybridized carbons (Fsp3) is 0.571. The first kappa shape index (κ1) is 14.7. The van der Waals surface area contributed by atoms with Crippen LogP contribution in [0.1, 0.15) is 19.8 Å². The first-order valence-corrected chi connectivity index (χ1v) is 8.64. The summed E-state index contributed by atoms with van der Waals surface area (Å²) in [4.78, 5) is 2.29. The van der Waals surface area contributed by atoms with Gasteiger partial charge in [0.25, 0.3) is 0 Å². The largest absolute Gasteiger partial charge is 0.399 e. The molecule has 0 saturated carbocycles. The highest BCUT2D eigenvalue weighted by Gasteiger charge is 2.40. The van der Waals surface area contributed by atoms with Gasteiger partial charge in [-0.3, -0.25) is 4.90 Å². The molecule has 0 spiro atoms. The van der Waals surface area contributed by atoms with E-state index < -0.39 is 15.8 Å². The van der Waals surface area contributed by atoms with Gasteiger partial charge in [0, 0.05) is 30.9 Å². The molecule has 3 rings (SSSR count). The highest BCUT2D eigenvalue weighted by atomic mass is 32.2. The highest BCUT2D eigenvalue weighted by Crippen LogP contribution is 2.29. The molecule has 2 aliphatic heterocycles. The summed E-state index contributed by atoms with van der Waals surface area (Å²) in [5, 5.41) is 0. The molecule has 0 aliphatic carbocycles. The summed E-state index contributed by atoms with van der Waals surface area (Å²) in [7, 11) is -3.71. The Labute approximate surface area is 124 Å². The number of halogens is 1. The Bertz CT molecular complexity index is 629. The van der Waals surface area contributed by atoms with E-state index in [0.29, 0.717) is 6.54 Å². The number of piperazine rings is 1. The Kier molecular flexibility index (Phi) is 3.67. The normalized spacial score (nSPS) is 27.7. The molecule has 0 aromatic heterocycles. The van der Waals surface area contributed by atoms with Gasteiger partial charge in [0.15, 0.2) is 0 Å². The first-order chi connectivity index (χ1) is 9.88. The van der Waals surface area contributed by atoms with Crippen molar-refractivity contribution in [1.82, 2.24) is 9.21 Å². The van der Waals surface area contributed by atoms with Gasteiger partial charge in [0.1, 0.15) is 5.82 Å². The van der Waals surface area contributed by atoms with Crippen LogP contribution in [0.25, 0.3) is 0 Å². The van der Waals surface area contributed by atoms with Crippen molar-refractivity contribution in [3.05, 3.63) is 24.0 Å². The van der Waals surface area contributed by atoms with Crippen molar-refractivity contribution in [1.29, 1.82) is 0 Å². The van der Waals surface area contributed by atoms with Crippen LogP contribution >= 0.6 is 0 Å². The molecule has 116 valence electrons. The molecular weight excluding hydrogens is 293 g/mol. The van der Waals surface area contributed by atoms with Gasteiger partial charge in [0.2, 0.25) is 10.0 Å². The van der Waals surface area contributed by atoms with Gasteiger partial charge < -0.3 is 5.73 Å². The second-order valence-corrected chi connectivity index (χ2v) is 7.83. The van der Waals surface area contributed by atoms with Crippen molar-refractivity contribution < 1.29 is 12.8 Å². The zero-order valence-electron chi connectivity index (χ0n) is 12.0. The van der Waals surface area contributed by atoms with E-state index in [2.05, 4.69) is 4.90 Å². The zero-order chi connectivity index (χ0) is 15.2. The SMILES string of the molecule is CC1CN2CCCC2CN1S(=O)(=O)c1cc(N)cc(F)c1. The lowest BCUT2D eigenvalue weighted by Gasteiger charge is -2.41. The molecule has 2 heterocycles. The molecule has 2 N–H and O–H groups in total. The summed E-state index contributed by atoms with van der Waals surface area (Å²) in [6, 6.07) is 3.65. The molecule has 21 heavy (non-hydrogen) atoms. The molecule has 0 radical (unpaired) electrons. The minimum Gasteiger partial charge on any atom is -0.399 e. The van der Waals surface area contributed by atoms with E-state index in [1.165, 1.54) is 10.4 Å². The molecule has 2 unspecified atom stereocenters. The van der Waals surface area contributed by atoms with Gasteiger partial charge in [-0.15, -0.1) is 0 Å². The topological polar surface area (TPSA) is 66.6 Å². The summed E-state index contributed by atoms with van der Waals surface area (Å²) in [6.07, 6.45) is 2.13. The van der Waals surface area contributed by atoms with Crippen molar-refractivity contribution in [3.63, 3.8) is 0 Å². The highest BCUT2D eigenvalue weighted by molar-refractivity contribution is 7.89. The van der Waals surface area contributed by atoms with E-state index in [-0.39, 0.29) is 22.7 Å². The molecular formula is C14H20FN3O2S. The lowest BCUT2D eigenvalue weighted by Crippen LogP contribution is -2.56. The van der Waals surface area contributed by atoms with E-state index >= 15 is 0 Å². The number of nitrogens with two attached hydrogens (primary N) is 1. The summed E-state index contributed by atoms with van der Waals surface area (Å²) < 4.78 is 40.5. The zero-order valence-corrected chi connectivity index (χ0v) is 12.8. The molecule has 7 heteroatoms. The fourth-order valence-electron chi connectivity index (χ4n) is 3.36. The molecule has 2 saturated heterocycles. The molecule has 2 atom stereocenters. The smallest absolute Gasteiger partial charge is 0.243 e. The third kappa shape index (κ3) is 2.65. The van der Waals surface area contributed by atoms with Gasteiger partial charge >= 0.3 is 0 Å². The summed E-state index contributed by atoms with van der Waals surface area (Å²) in [5.74, 6) is -0.624. The van der Waals surface area contributed by atoms with Crippen LogP contribution in [-0.2, 0) is 10.0 Å².